The van der Waals surface area contributed by atoms with Crippen molar-refractivity contribution in [1.29, 1.82) is 0 Å². The molecule has 0 radical (unpaired) electrons. The van der Waals surface area contributed by atoms with E-state index in [0.29, 0.717) is 18.8 Å². The number of rotatable bonds is 10. The first kappa shape index (κ1) is 19.6. The summed E-state index contributed by atoms with van der Waals surface area (Å²) in [6.45, 7) is 3.14. The van der Waals surface area contributed by atoms with E-state index >= 15 is 0 Å². The molecule has 138 valence electrons. The minimum Gasteiger partial charge on any atom is -0.494 e. The molecule has 0 aliphatic carbocycles. The molecule has 0 aliphatic heterocycles. The number of hydrogen-bond donors (Lipinski definition) is 1. The molecule has 2 aromatic rings. The van der Waals surface area contributed by atoms with Gasteiger partial charge in [-0.25, -0.2) is 0 Å². The summed E-state index contributed by atoms with van der Waals surface area (Å²) in [7, 11) is 1.78. The highest BCUT2D eigenvalue weighted by molar-refractivity contribution is 5.92. The number of unbranched alkanes of at least 4 members (excludes halogenated alkanes) is 3. The van der Waals surface area contributed by atoms with Crippen LogP contribution in [0.25, 0.3) is 0 Å². The van der Waals surface area contributed by atoms with Crippen molar-refractivity contribution < 1.29 is 9.53 Å². The van der Waals surface area contributed by atoms with Gasteiger partial charge in [-0.05, 0) is 49.4 Å². The van der Waals surface area contributed by atoms with Crippen LogP contribution in [-0.2, 0) is 20.0 Å². The molecule has 0 saturated heterocycles. The third-order valence-corrected chi connectivity index (χ3v) is 4.11. The first-order chi connectivity index (χ1) is 12.6. The second-order valence-corrected chi connectivity index (χ2v) is 6.19. The number of carbonyl (C=O) groups excluding carboxylic acids is 1. The van der Waals surface area contributed by atoms with Gasteiger partial charge < -0.3 is 10.1 Å². The van der Waals surface area contributed by atoms with E-state index in [0.717, 1.165) is 49.1 Å². The zero-order valence-corrected chi connectivity index (χ0v) is 15.6. The molecule has 1 amide bonds. The van der Waals surface area contributed by atoms with Crippen LogP contribution in [0.3, 0.4) is 0 Å². The second kappa shape index (κ2) is 10.3. The van der Waals surface area contributed by atoms with Gasteiger partial charge in [0.25, 0.3) is 5.91 Å². The average Bonchev–Trinajstić information content (AvgIpc) is 3.04. The summed E-state index contributed by atoms with van der Waals surface area (Å²) in [6.07, 6.45) is 9.98. The first-order valence-electron chi connectivity index (χ1n) is 9.10. The monoisotopic (exact) mass is 353 g/mol. The molecule has 5 heteroatoms. The Morgan fingerprint density at radius 1 is 1.31 bits per heavy atom. The quantitative estimate of drug-likeness (QED) is 0.525. The Kier molecular flexibility index (Phi) is 7.75. The van der Waals surface area contributed by atoms with Crippen LogP contribution in [0.5, 0.6) is 5.75 Å². The number of terminal acetylenes is 1. The predicted octanol–water partition coefficient (Wildman–Crippen LogP) is 3.48. The van der Waals surface area contributed by atoms with Gasteiger partial charge in [0.05, 0.1) is 12.3 Å². The minimum absolute atomic E-state index is 0.125. The molecule has 1 aromatic carbocycles. The topological polar surface area (TPSA) is 56.1 Å². The van der Waals surface area contributed by atoms with E-state index in [1.165, 1.54) is 0 Å². The van der Waals surface area contributed by atoms with E-state index in [-0.39, 0.29) is 5.91 Å². The SMILES string of the molecule is C#CCCCCCOc1cccc(CNC(=O)c2cc(CC)nn2C)c1. The molecule has 0 aliphatic rings. The summed E-state index contributed by atoms with van der Waals surface area (Å²) in [4.78, 5) is 12.3. The van der Waals surface area contributed by atoms with Gasteiger partial charge in [0.2, 0.25) is 0 Å². The number of nitrogens with zero attached hydrogens (tertiary/aromatic N) is 2. The Balaban J connectivity index is 1.81. The minimum atomic E-state index is -0.125. The lowest BCUT2D eigenvalue weighted by Gasteiger charge is -2.09. The van der Waals surface area contributed by atoms with Crippen molar-refractivity contribution in [2.75, 3.05) is 6.61 Å². The average molecular weight is 353 g/mol. The Morgan fingerprint density at radius 3 is 2.88 bits per heavy atom. The van der Waals surface area contributed by atoms with Gasteiger partial charge in [-0.1, -0.05) is 19.1 Å². The van der Waals surface area contributed by atoms with Gasteiger partial charge in [0, 0.05) is 20.0 Å². The van der Waals surface area contributed by atoms with Crippen LogP contribution < -0.4 is 10.1 Å². The van der Waals surface area contributed by atoms with Gasteiger partial charge in [-0.3, -0.25) is 9.48 Å². The molecule has 0 fully saturated rings. The van der Waals surface area contributed by atoms with Crippen molar-refractivity contribution in [3.63, 3.8) is 0 Å². The largest absolute Gasteiger partial charge is 0.494 e. The maximum atomic E-state index is 12.3. The molecule has 0 spiro atoms. The zero-order chi connectivity index (χ0) is 18.8. The summed E-state index contributed by atoms with van der Waals surface area (Å²) < 4.78 is 7.40. The van der Waals surface area contributed by atoms with Gasteiger partial charge in [-0.15, -0.1) is 12.3 Å². The molecule has 1 N–H and O–H groups in total. The highest BCUT2D eigenvalue weighted by Crippen LogP contribution is 2.14. The summed E-state index contributed by atoms with van der Waals surface area (Å²) >= 11 is 0. The molecular formula is C21H27N3O2. The maximum Gasteiger partial charge on any atom is 0.269 e. The Morgan fingerprint density at radius 2 is 2.15 bits per heavy atom. The van der Waals surface area contributed by atoms with Gasteiger partial charge in [-0.2, -0.15) is 5.10 Å². The van der Waals surface area contributed by atoms with Gasteiger partial charge in [0.15, 0.2) is 0 Å². The summed E-state index contributed by atoms with van der Waals surface area (Å²) in [6, 6.07) is 9.63. The number of benzene rings is 1. The smallest absolute Gasteiger partial charge is 0.269 e. The lowest BCUT2D eigenvalue weighted by atomic mass is 10.2. The standard InChI is InChI=1S/C21H27N3O2/c1-4-6-7-8-9-13-26-19-12-10-11-17(14-19)16-22-21(25)20-15-18(5-2)23-24(20)3/h1,10-12,14-15H,5-9,13,16H2,2-3H3,(H,22,25). The maximum absolute atomic E-state index is 12.3. The molecule has 2 rings (SSSR count). The zero-order valence-electron chi connectivity index (χ0n) is 15.6. The van der Waals surface area contributed by atoms with E-state index in [4.69, 9.17) is 11.2 Å². The third-order valence-electron chi connectivity index (χ3n) is 4.11. The Hall–Kier alpha value is -2.74. The number of amides is 1. The fourth-order valence-corrected chi connectivity index (χ4v) is 2.63. The van der Waals surface area contributed by atoms with E-state index in [1.54, 1.807) is 11.7 Å². The van der Waals surface area contributed by atoms with Crippen molar-refractivity contribution in [2.45, 2.75) is 45.6 Å². The Bertz CT molecular complexity index is 759. The molecule has 0 saturated carbocycles. The highest BCUT2D eigenvalue weighted by Gasteiger charge is 2.12. The molecule has 1 heterocycles. The summed E-state index contributed by atoms with van der Waals surface area (Å²) in [5.41, 5.74) is 2.48. The summed E-state index contributed by atoms with van der Waals surface area (Å²) in [5.74, 6) is 3.34. The number of hydrogen-bond acceptors (Lipinski definition) is 3. The number of nitrogens with one attached hydrogen (secondary N) is 1. The van der Waals surface area contributed by atoms with Crippen LogP contribution in [-0.4, -0.2) is 22.3 Å². The molecule has 1 aromatic heterocycles. The number of carbonyl (C=O) groups is 1. The number of aromatic nitrogens is 2. The van der Waals surface area contributed by atoms with Crippen LogP contribution >= 0.6 is 0 Å². The van der Waals surface area contributed by atoms with Gasteiger partial charge >= 0.3 is 0 Å². The van der Waals surface area contributed by atoms with Crippen LogP contribution in [0.1, 0.15) is 54.4 Å². The molecular weight excluding hydrogens is 326 g/mol. The fraction of sp³-hybridized carbons (Fsp3) is 0.429. The van der Waals surface area contributed by atoms with E-state index in [2.05, 4.69) is 16.3 Å². The van der Waals surface area contributed by atoms with Crippen molar-refractivity contribution in [1.82, 2.24) is 15.1 Å². The summed E-state index contributed by atoms with van der Waals surface area (Å²) in [5, 5.41) is 7.24. The highest BCUT2D eigenvalue weighted by atomic mass is 16.5. The van der Waals surface area contributed by atoms with Crippen LogP contribution in [0.2, 0.25) is 0 Å². The Labute approximate surface area is 155 Å². The van der Waals surface area contributed by atoms with Crippen molar-refractivity contribution in [2.24, 2.45) is 7.05 Å². The van der Waals surface area contributed by atoms with Gasteiger partial charge in [0.1, 0.15) is 11.4 Å². The molecule has 0 bridgehead atoms. The lowest BCUT2D eigenvalue weighted by Crippen LogP contribution is -2.25. The van der Waals surface area contributed by atoms with E-state index < -0.39 is 0 Å². The molecule has 5 nitrogen and oxygen atoms in total. The molecule has 0 unspecified atom stereocenters. The fourth-order valence-electron chi connectivity index (χ4n) is 2.63. The van der Waals surface area contributed by atoms with Crippen molar-refractivity contribution >= 4 is 5.91 Å². The molecule has 26 heavy (non-hydrogen) atoms. The van der Waals surface area contributed by atoms with Crippen molar-refractivity contribution in [3.8, 4) is 18.1 Å². The number of ether oxygens (including phenoxy) is 1. The van der Waals surface area contributed by atoms with Crippen molar-refractivity contribution in [3.05, 3.63) is 47.3 Å². The lowest BCUT2D eigenvalue weighted by molar-refractivity contribution is 0.0941. The second-order valence-electron chi connectivity index (χ2n) is 6.19. The molecule has 0 atom stereocenters. The van der Waals surface area contributed by atoms with Crippen LogP contribution in [0, 0.1) is 12.3 Å². The third kappa shape index (κ3) is 5.96. The van der Waals surface area contributed by atoms with Crippen LogP contribution in [0.4, 0.5) is 0 Å². The van der Waals surface area contributed by atoms with Crippen LogP contribution in [0.15, 0.2) is 30.3 Å². The van der Waals surface area contributed by atoms with E-state index in [9.17, 15) is 4.79 Å². The number of aryl methyl sites for hydroxylation is 2. The normalized spacial score (nSPS) is 10.3. The predicted molar refractivity (Wildman–Crippen MR) is 103 cm³/mol. The first-order valence-corrected chi connectivity index (χ1v) is 9.10. The van der Waals surface area contributed by atoms with E-state index in [1.807, 2.05) is 37.3 Å².